The molecule has 1 aliphatic rings. The van der Waals surface area contributed by atoms with Gasteiger partial charge in [-0.25, -0.2) is 4.79 Å². The van der Waals surface area contributed by atoms with Gasteiger partial charge in [0.15, 0.2) is 0 Å². The van der Waals surface area contributed by atoms with E-state index < -0.39 is 5.60 Å². The molecular formula is C15H21NO3. The molecule has 0 aromatic heterocycles. The van der Waals surface area contributed by atoms with Crippen LogP contribution in [0, 0.1) is 6.92 Å². The molecule has 1 saturated heterocycles. The maximum atomic E-state index is 11.7. The monoisotopic (exact) mass is 263 g/mol. The Bertz CT molecular complexity index is 441. The zero-order valence-electron chi connectivity index (χ0n) is 12.0. The minimum Gasteiger partial charge on any atom is -0.487 e. The lowest BCUT2D eigenvalue weighted by Crippen LogP contribution is -2.57. The van der Waals surface area contributed by atoms with E-state index >= 15 is 0 Å². The molecule has 0 saturated carbocycles. The maximum Gasteiger partial charge on any atom is 0.410 e. The van der Waals surface area contributed by atoms with Gasteiger partial charge >= 0.3 is 6.09 Å². The summed E-state index contributed by atoms with van der Waals surface area (Å²) in [6, 6.07) is 7.93. The molecule has 0 unspecified atom stereocenters. The van der Waals surface area contributed by atoms with Crippen LogP contribution in [-0.4, -0.2) is 35.8 Å². The van der Waals surface area contributed by atoms with Crippen molar-refractivity contribution >= 4 is 6.09 Å². The van der Waals surface area contributed by atoms with Gasteiger partial charge in [-0.2, -0.15) is 0 Å². The van der Waals surface area contributed by atoms with Gasteiger partial charge in [0, 0.05) is 0 Å². The van der Waals surface area contributed by atoms with Crippen LogP contribution in [0.5, 0.6) is 5.75 Å². The Morgan fingerprint density at radius 2 is 1.79 bits per heavy atom. The normalized spacial score (nSPS) is 15.9. The van der Waals surface area contributed by atoms with Crippen LogP contribution in [0.2, 0.25) is 0 Å². The average Bonchev–Trinajstić information content (AvgIpc) is 2.22. The van der Waals surface area contributed by atoms with Gasteiger partial charge in [0.25, 0.3) is 0 Å². The number of hydrogen-bond acceptors (Lipinski definition) is 3. The Morgan fingerprint density at radius 1 is 1.21 bits per heavy atom. The molecule has 1 fully saturated rings. The topological polar surface area (TPSA) is 38.8 Å². The van der Waals surface area contributed by atoms with Crippen LogP contribution in [-0.2, 0) is 4.74 Å². The lowest BCUT2D eigenvalue weighted by Gasteiger charge is -2.39. The van der Waals surface area contributed by atoms with E-state index in [4.69, 9.17) is 9.47 Å². The summed E-state index contributed by atoms with van der Waals surface area (Å²) in [5.74, 6) is 0.847. The highest BCUT2D eigenvalue weighted by Gasteiger charge is 2.35. The third-order valence-electron chi connectivity index (χ3n) is 2.82. The van der Waals surface area contributed by atoms with Gasteiger partial charge in [0.2, 0.25) is 0 Å². The molecule has 1 aliphatic heterocycles. The predicted molar refractivity (Wildman–Crippen MR) is 73.4 cm³/mol. The van der Waals surface area contributed by atoms with Gasteiger partial charge in [0.1, 0.15) is 17.5 Å². The molecule has 0 bridgehead atoms. The molecule has 1 aromatic rings. The molecule has 0 radical (unpaired) electrons. The van der Waals surface area contributed by atoms with Crippen LogP contribution in [0.15, 0.2) is 24.3 Å². The van der Waals surface area contributed by atoms with Crippen molar-refractivity contribution < 1.29 is 14.3 Å². The molecular weight excluding hydrogens is 242 g/mol. The number of likely N-dealkylation sites (tertiary alicyclic amines) is 1. The first-order valence-corrected chi connectivity index (χ1v) is 6.55. The summed E-state index contributed by atoms with van der Waals surface area (Å²) >= 11 is 0. The Balaban J connectivity index is 1.77. The van der Waals surface area contributed by atoms with Crippen LogP contribution in [0.4, 0.5) is 4.79 Å². The number of amides is 1. The fraction of sp³-hybridized carbons (Fsp3) is 0.533. The molecule has 19 heavy (non-hydrogen) atoms. The average molecular weight is 263 g/mol. The van der Waals surface area contributed by atoms with E-state index in [0.717, 1.165) is 5.75 Å². The molecule has 0 N–H and O–H groups in total. The Labute approximate surface area is 114 Å². The van der Waals surface area contributed by atoms with Crippen molar-refractivity contribution in [1.82, 2.24) is 4.90 Å². The standard InChI is InChI=1S/C15H21NO3/c1-11-5-7-12(8-6-11)18-13-9-16(10-13)14(17)19-15(2,3)4/h5-8,13H,9-10H2,1-4H3. The number of benzene rings is 1. The van der Waals surface area contributed by atoms with Crippen molar-refractivity contribution in [2.45, 2.75) is 39.4 Å². The third kappa shape index (κ3) is 3.88. The summed E-state index contributed by atoms with van der Waals surface area (Å²) in [6.45, 7) is 8.81. The van der Waals surface area contributed by atoms with E-state index in [1.807, 2.05) is 52.0 Å². The van der Waals surface area contributed by atoms with Crippen molar-refractivity contribution in [3.63, 3.8) is 0 Å². The largest absolute Gasteiger partial charge is 0.487 e. The van der Waals surface area contributed by atoms with E-state index in [1.54, 1.807) is 4.90 Å². The smallest absolute Gasteiger partial charge is 0.410 e. The molecule has 4 heteroatoms. The van der Waals surface area contributed by atoms with E-state index in [2.05, 4.69) is 0 Å². The van der Waals surface area contributed by atoms with Crippen molar-refractivity contribution in [3.05, 3.63) is 29.8 Å². The minimum atomic E-state index is -0.444. The molecule has 2 rings (SSSR count). The van der Waals surface area contributed by atoms with Gasteiger partial charge < -0.3 is 14.4 Å². The Hall–Kier alpha value is -1.71. The number of hydrogen-bond donors (Lipinski definition) is 0. The Morgan fingerprint density at radius 3 is 2.32 bits per heavy atom. The molecule has 0 aliphatic carbocycles. The van der Waals surface area contributed by atoms with E-state index in [1.165, 1.54) is 5.56 Å². The van der Waals surface area contributed by atoms with Gasteiger partial charge in [-0.1, -0.05) is 17.7 Å². The van der Waals surface area contributed by atoms with Gasteiger partial charge in [-0.05, 0) is 39.8 Å². The first kappa shape index (κ1) is 13.7. The summed E-state index contributed by atoms with van der Waals surface area (Å²) in [5.41, 5.74) is 0.760. The molecule has 0 atom stereocenters. The second-order valence-electron chi connectivity index (χ2n) is 5.94. The summed E-state index contributed by atoms with van der Waals surface area (Å²) < 4.78 is 11.1. The highest BCUT2D eigenvalue weighted by molar-refractivity contribution is 5.69. The first-order chi connectivity index (χ1) is 8.83. The second-order valence-corrected chi connectivity index (χ2v) is 5.94. The quantitative estimate of drug-likeness (QED) is 0.823. The van der Waals surface area contributed by atoms with E-state index in [9.17, 15) is 4.79 Å². The summed E-state index contributed by atoms with van der Waals surface area (Å²) in [7, 11) is 0. The van der Waals surface area contributed by atoms with Gasteiger partial charge in [0.05, 0.1) is 13.1 Å². The number of carbonyl (C=O) groups excluding carboxylic acids is 1. The first-order valence-electron chi connectivity index (χ1n) is 6.55. The third-order valence-corrected chi connectivity index (χ3v) is 2.82. The van der Waals surface area contributed by atoms with Crippen LogP contribution in [0.3, 0.4) is 0 Å². The fourth-order valence-corrected chi connectivity index (χ4v) is 1.80. The van der Waals surface area contributed by atoms with Crippen molar-refractivity contribution in [1.29, 1.82) is 0 Å². The zero-order valence-corrected chi connectivity index (χ0v) is 12.0. The van der Waals surface area contributed by atoms with Crippen LogP contribution < -0.4 is 4.74 Å². The van der Waals surface area contributed by atoms with Crippen molar-refractivity contribution in [3.8, 4) is 5.75 Å². The SMILES string of the molecule is Cc1ccc(OC2CN(C(=O)OC(C)(C)C)C2)cc1. The van der Waals surface area contributed by atoms with E-state index in [-0.39, 0.29) is 12.2 Å². The summed E-state index contributed by atoms with van der Waals surface area (Å²) in [6.07, 6.45) is -0.202. The minimum absolute atomic E-state index is 0.0650. The molecule has 1 amide bonds. The van der Waals surface area contributed by atoms with Crippen LogP contribution in [0.1, 0.15) is 26.3 Å². The Kier molecular flexibility index (Phi) is 3.69. The molecule has 104 valence electrons. The highest BCUT2D eigenvalue weighted by Crippen LogP contribution is 2.20. The molecule has 0 spiro atoms. The maximum absolute atomic E-state index is 11.7. The summed E-state index contributed by atoms with van der Waals surface area (Å²) in [4.78, 5) is 13.4. The predicted octanol–water partition coefficient (Wildman–Crippen LogP) is 2.99. The number of aryl methyl sites for hydroxylation is 1. The van der Waals surface area contributed by atoms with Crippen LogP contribution >= 0.6 is 0 Å². The highest BCUT2D eigenvalue weighted by atomic mass is 16.6. The second kappa shape index (κ2) is 5.11. The van der Waals surface area contributed by atoms with Crippen LogP contribution in [0.25, 0.3) is 0 Å². The van der Waals surface area contributed by atoms with Crippen molar-refractivity contribution in [2.24, 2.45) is 0 Å². The molecule has 4 nitrogen and oxygen atoms in total. The van der Waals surface area contributed by atoms with Gasteiger partial charge in [-0.15, -0.1) is 0 Å². The lowest BCUT2D eigenvalue weighted by atomic mass is 10.1. The van der Waals surface area contributed by atoms with Crippen molar-refractivity contribution in [2.75, 3.05) is 13.1 Å². The zero-order chi connectivity index (χ0) is 14.0. The van der Waals surface area contributed by atoms with Gasteiger partial charge in [-0.3, -0.25) is 0 Å². The number of carbonyl (C=O) groups is 1. The van der Waals surface area contributed by atoms with E-state index in [0.29, 0.717) is 13.1 Å². The summed E-state index contributed by atoms with van der Waals surface area (Å²) in [5, 5.41) is 0. The number of nitrogens with zero attached hydrogens (tertiary/aromatic N) is 1. The lowest BCUT2D eigenvalue weighted by molar-refractivity contribution is -0.0221. The molecule has 1 aromatic carbocycles. The number of ether oxygens (including phenoxy) is 2. The molecule has 1 heterocycles. The number of rotatable bonds is 2. The fourth-order valence-electron chi connectivity index (χ4n) is 1.80.